The van der Waals surface area contributed by atoms with Gasteiger partial charge in [-0.15, -0.1) is 0 Å². The number of benzene rings is 2. The van der Waals surface area contributed by atoms with Crippen LogP contribution in [0.2, 0.25) is 10.0 Å². The van der Waals surface area contributed by atoms with Crippen LogP contribution in [0.25, 0.3) is 0 Å². The van der Waals surface area contributed by atoms with E-state index in [2.05, 4.69) is 44.0 Å². The average Bonchev–Trinajstić information content (AvgIpc) is 3.88. The molecule has 2 fully saturated rings. The van der Waals surface area contributed by atoms with E-state index in [-0.39, 0.29) is 33.5 Å². The van der Waals surface area contributed by atoms with Crippen molar-refractivity contribution in [2.75, 3.05) is 38.6 Å². The Morgan fingerprint density at radius 1 is 1.13 bits per heavy atom. The number of fused-ring (bicyclic) bond motifs is 3. The number of aromatic nitrogens is 2. The van der Waals surface area contributed by atoms with Crippen LogP contribution < -0.4 is 32.1 Å². The predicted octanol–water partition coefficient (Wildman–Crippen LogP) is 3.81. The van der Waals surface area contributed by atoms with Crippen LogP contribution in [0.15, 0.2) is 60.8 Å². The van der Waals surface area contributed by atoms with Gasteiger partial charge in [0.15, 0.2) is 0 Å². The standard InChI is InChI=1S/C40H41Cl2N6O6.In/c1-40(39(51)52)16-17-48(24-40)23-31(26-11-13-34(44-21-26)46-36(50)30-9-5-6-10-32(30)41)29-8-4-3-7-25(29)15-18-54-38-33(42)19-27(37(47-38)53-2)20-43-22-28-12-14-35(49)45-28;/h3-6,8-9,11,13,18-19,21,28,31,43H,12,14-17,20,22-24H2,1-2H3,(H,45,49)(H,51,52)(H,44,46,50);/t28-,31+,40-;/m0./s1. The van der Waals surface area contributed by atoms with Crippen molar-refractivity contribution in [2.45, 2.75) is 55.0 Å². The Labute approximate surface area is 336 Å². The van der Waals surface area contributed by atoms with Gasteiger partial charge in [-0.3, -0.25) is 4.79 Å². The number of carbonyl (C=O) groups excluding carboxylic acids is 2. The SMILES string of the molecule is COc1nc(O[C@@H]2Cc3c4ccc[c]3[In]2[c]2cccc(c2Cl)C(=O)Nc2ccc(cn2)[C@H]4CN2CC[C@](C)(C(=O)O)C2)c(Cl)cc1CNC[C@@H]1CCC(=O)N1. The first-order chi connectivity index (χ1) is 26.5. The third-order valence-electron chi connectivity index (χ3n) is 11.5. The summed E-state index contributed by atoms with van der Waals surface area (Å²) in [5, 5.41) is 20.0. The molecule has 15 heteroatoms. The number of carbonyl (C=O) groups is 3. The summed E-state index contributed by atoms with van der Waals surface area (Å²) >= 11 is 10.8. The molecule has 2 aromatic carbocycles. The Morgan fingerprint density at radius 3 is 2.67 bits per heavy atom. The fourth-order valence-electron chi connectivity index (χ4n) is 8.57. The molecule has 12 nitrogen and oxygen atoms in total. The van der Waals surface area contributed by atoms with Crippen molar-refractivity contribution in [3.8, 4) is 11.8 Å². The molecule has 9 rings (SSSR count). The van der Waals surface area contributed by atoms with Crippen LogP contribution in [0.4, 0.5) is 5.82 Å². The van der Waals surface area contributed by atoms with Gasteiger partial charge < -0.3 is 0 Å². The zero-order valence-corrected chi connectivity index (χ0v) is 35.3. The number of nitrogens with zero attached hydrogens (tertiary/aromatic N) is 3. The quantitative estimate of drug-likeness (QED) is 0.185. The maximum absolute atomic E-state index is 13.7. The molecule has 4 atom stereocenters. The molecular formula is C40H41Cl2InN6O6. The molecule has 8 bridgehead atoms. The molecule has 7 heterocycles. The van der Waals surface area contributed by atoms with Crippen molar-refractivity contribution in [2.24, 2.45) is 5.41 Å². The number of likely N-dealkylation sites (tertiary alicyclic amines) is 1. The van der Waals surface area contributed by atoms with Gasteiger partial charge >= 0.3 is 334 Å². The number of halogens is 2. The molecular weight excluding hydrogens is 846 g/mol. The fraction of sp³-hybridized carbons (Fsp3) is 0.375. The van der Waals surface area contributed by atoms with Gasteiger partial charge in [-0.05, 0) is 0 Å². The number of hydrogen-bond donors (Lipinski definition) is 4. The van der Waals surface area contributed by atoms with Gasteiger partial charge in [0.2, 0.25) is 0 Å². The van der Waals surface area contributed by atoms with Crippen molar-refractivity contribution in [3.63, 3.8) is 0 Å². The molecule has 55 heavy (non-hydrogen) atoms. The molecule has 0 spiro atoms. The number of carboxylic acid groups (broad SMARTS) is 1. The molecule has 5 aliphatic rings. The molecule has 0 saturated carbocycles. The number of aliphatic carboxylic acids is 1. The van der Waals surface area contributed by atoms with E-state index in [1.807, 2.05) is 31.2 Å². The zero-order valence-electron chi connectivity index (χ0n) is 30.5. The van der Waals surface area contributed by atoms with E-state index < -0.39 is 32.8 Å². The number of methoxy groups -OCH3 is 1. The van der Waals surface area contributed by atoms with Crippen LogP contribution in [-0.2, 0) is 22.6 Å². The van der Waals surface area contributed by atoms with E-state index in [4.69, 9.17) is 37.7 Å². The predicted molar refractivity (Wildman–Crippen MR) is 211 cm³/mol. The number of nitrogens with one attached hydrogen (secondary N) is 3. The van der Waals surface area contributed by atoms with Crippen molar-refractivity contribution >= 4 is 74.9 Å². The van der Waals surface area contributed by atoms with E-state index in [1.165, 1.54) is 8.88 Å². The zero-order chi connectivity index (χ0) is 38.4. The summed E-state index contributed by atoms with van der Waals surface area (Å²) in [6.45, 7) is 4.57. The van der Waals surface area contributed by atoms with Gasteiger partial charge in [-0.25, -0.2) is 0 Å². The molecule has 4 N–H and O–H groups in total. The summed E-state index contributed by atoms with van der Waals surface area (Å²) in [7, 11) is 1.56. The molecule has 284 valence electrons. The Morgan fingerprint density at radius 2 is 1.95 bits per heavy atom. The molecule has 4 aromatic rings. The van der Waals surface area contributed by atoms with Gasteiger partial charge in [-0.1, -0.05) is 0 Å². The van der Waals surface area contributed by atoms with Gasteiger partial charge in [-0.2, -0.15) is 0 Å². The molecule has 2 aromatic heterocycles. The monoisotopic (exact) mass is 886 g/mol. The number of amides is 2. The third-order valence-corrected chi connectivity index (χ3v) is 22.7. The fourth-order valence-corrected chi connectivity index (χ4v) is 20.1. The summed E-state index contributed by atoms with van der Waals surface area (Å²) in [6, 6.07) is 17.7. The number of pyridine rings is 2. The first-order valence-corrected chi connectivity index (χ1v) is 24.5. The Bertz CT molecular complexity index is 2170. The van der Waals surface area contributed by atoms with E-state index in [9.17, 15) is 19.5 Å². The minimum atomic E-state index is -3.39. The molecule has 0 unspecified atom stereocenters. The van der Waals surface area contributed by atoms with Crippen molar-refractivity contribution in [3.05, 3.63) is 98.7 Å². The van der Waals surface area contributed by atoms with Crippen LogP contribution in [0.1, 0.15) is 64.7 Å². The second-order valence-corrected chi connectivity index (χ2v) is 24.4. The van der Waals surface area contributed by atoms with Crippen molar-refractivity contribution in [1.82, 2.24) is 25.5 Å². The topological polar surface area (TPSA) is 155 Å². The van der Waals surface area contributed by atoms with Gasteiger partial charge in [0.1, 0.15) is 0 Å². The van der Waals surface area contributed by atoms with Gasteiger partial charge in [0.25, 0.3) is 0 Å². The summed E-state index contributed by atoms with van der Waals surface area (Å²) in [4.78, 5) is 49.2. The Balaban J connectivity index is 1.17. The number of hydrogen-bond acceptors (Lipinski definition) is 9. The molecule has 0 aliphatic carbocycles. The van der Waals surface area contributed by atoms with E-state index in [1.54, 1.807) is 25.4 Å². The van der Waals surface area contributed by atoms with Crippen LogP contribution in [0, 0.1) is 5.41 Å². The van der Waals surface area contributed by atoms with Crippen molar-refractivity contribution < 1.29 is 29.0 Å². The third kappa shape index (κ3) is 7.53. The van der Waals surface area contributed by atoms with E-state index >= 15 is 0 Å². The van der Waals surface area contributed by atoms with Crippen LogP contribution in [-0.4, -0.2) is 102 Å². The average molecular weight is 888 g/mol. The number of carboxylic acids is 1. The van der Waals surface area contributed by atoms with E-state index in [0.29, 0.717) is 79.3 Å². The van der Waals surface area contributed by atoms with E-state index in [0.717, 1.165) is 26.4 Å². The van der Waals surface area contributed by atoms with Gasteiger partial charge in [0, 0.05) is 0 Å². The Hall–Kier alpha value is -3.88. The van der Waals surface area contributed by atoms with Gasteiger partial charge in [0.05, 0.1) is 0 Å². The summed E-state index contributed by atoms with van der Waals surface area (Å²) in [5.74, 6) is -0.150. The molecule has 2 saturated heterocycles. The number of anilines is 1. The maximum atomic E-state index is 13.7. The molecule has 2 amide bonds. The van der Waals surface area contributed by atoms with Crippen molar-refractivity contribution in [1.29, 1.82) is 0 Å². The second-order valence-electron chi connectivity index (χ2n) is 15.2. The molecule has 5 aliphatic heterocycles. The first kappa shape index (κ1) is 38.0. The van der Waals surface area contributed by atoms with Crippen LogP contribution >= 0.6 is 23.2 Å². The summed E-state index contributed by atoms with van der Waals surface area (Å²) in [5.41, 5.74) is 3.58. The van der Waals surface area contributed by atoms with Crippen LogP contribution in [0.3, 0.4) is 0 Å². The summed E-state index contributed by atoms with van der Waals surface area (Å²) < 4.78 is 14.5. The molecule has 0 radical (unpaired) electrons. The Kier molecular flexibility index (Phi) is 10.8. The van der Waals surface area contributed by atoms with Crippen LogP contribution in [0.5, 0.6) is 11.8 Å². The number of rotatable bonds is 10. The minimum absolute atomic E-state index is 0.0662. The second kappa shape index (κ2) is 15.6. The number of ether oxygens (including phenoxy) is 2. The normalized spacial score (nSPS) is 23.1. The summed E-state index contributed by atoms with van der Waals surface area (Å²) in [6.07, 6.45) is 4.27. The first-order valence-electron chi connectivity index (χ1n) is 18.5.